The molecule has 0 aliphatic carbocycles. The van der Waals surface area contributed by atoms with Gasteiger partial charge >= 0.3 is 5.97 Å². The average Bonchev–Trinajstić information content (AvgIpc) is 2.68. The van der Waals surface area contributed by atoms with Crippen LogP contribution in [0.3, 0.4) is 0 Å². The number of carbonyl (C=O) groups excluding carboxylic acids is 1. The van der Waals surface area contributed by atoms with Crippen molar-refractivity contribution in [1.82, 2.24) is 0 Å². The van der Waals surface area contributed by atoms with E-state index in [0.29, 0.717) is 5.92 Å². The van der Waals surface area contributed by atoms with Crippen molar-refractivity contribution in [3.8, 4) is 0 Å². The van der Waals surface area contributed by atoms with Crippen LogP contribution in [0.1, 0.15) is 55.1 Å². The molecule has 0 saturated heterocycles. The number of benzene rings is 2. The quantitative estimate of drug-likeness (QED) is 0.410. The molecule has 0 aliphatic rings. The first-order chi connectivity index (χ1) is 12.2. The van der Waals surface area contributed by atoms with E-state index in [4.69, 9.17) is 0 Å². The van der Waals surface area contributed by atoms with Gasteiger partial charge in [0, 0.05) is 0 Å². The predicted molar refractivity (Wildman–Crippen MR) is 103 cm³/mol. The number of ether oxygens (including phenoxy) is 1. The van der Waals surface area contributed by atoms with Gasteiger partial charge in [-0.05, 0) is 42.7 Å². The van der Waals surface area contributed by atoms with Crippen LogP contribution in [0.2, 0.25) is 0 Å². The Morgan fingerprint density at radius 2 is 1.56 bits per heavy atom. The molecule has 0 N–H and O–H groups in total. The summed E-state index contributed by atoms with van der Waals surface area (Å²) in [7, 11) is 1.42. The highest BCUT2D eigenvalue weighted by Gasteiger charge is 2.20. The molecule has 2 rings (SSSR count). The summed E-state index contributed by atoms with van der Waals surface area (Å²) < 4.78 is 4.63. The zero-order valence-electron chi connectivity index (χ0n) is 15.1. The topological polar surface area (TPSA) is 26.3 Å². The molecule has 132 valence electrons. The van der Waals surface area contributed by atoms with Gasteiger partial charge in [-0.25, -0.2) is 0 Å². The Balaban J connectivity index is 1.91. The van der Waals surface area contributed by atoms with Crippen molar-refractivity contribution in [3.05, 3.63) is 85.1 Å². The maximum absolute atomic E-state index is 11.1. The first kappa shape index (κ1) is 19.2. The highest BCUT2D eigenvalue weighted by atomic mass is 16.5. The molecular weight excluding hydrogens is 308 g/mol. The third-order valence-corrected chi connectivity index (χ3v) is 4.67. The minimum atomic E-state index is -0.232. The molecule has 2 atom stereocenters. The molecule has 0 heterocycles. The van der Waals surface area contributed by atoms with E-state index in [2.05, 4.69) is 66.3 Å². The zero-order valence-corrected chi connectivity index (χ0v) is 15.1. The van der Waals surface area contributed by atoms with Crippen molar-refractivity contribution >= 4 is 5.97 Å². The maximum Gasteiger partial charge on any atom is 0.309 e. The fraction of sp³-hybridized carbons (Fsp3) is 0.348. The molecule has 0 amide bonds. The van der Waals surface area contributed by atoms with Gasteiger partial charge < -0.3 is 4.74 Å². The maximum atomic E-state index is 11.1. The summed E-state index contributed by atoms with van der Waals surface area (Å²) in [5.41, 5.74) is 2.64. The molecular formula is C23H28O2. The molecule has 2 unspecified atom stereocenters. The standard InChI is InChI=1S/C23H28O2/c1-19(20-13-7-5-8-14-20)22(21-15-9-6-10-16-21)17-11-3-4-12-18-23(24)25-2/h5-10,13-16,18-19,22H,1,3-4,11-12,17H2,2H3. The molecule has 0 saturated carbocycles. The summed E-state index contributed by atoms with van der Waals surface area (Å²) in [6.07, 6.45) is 6.78. The van der Waals surface area contributed by atoms with Crippen LogP contribution in [-0.4, -0.2) is 13.1 Å². The lowest BCUT2D eigenvalue weighted by atomic mass is 9.79. The Morgan fingerprint density at radius 1 is 0.960 bits per heavy atom. The van der Waals surface area contributed by atoms with E-state index in [0.717, 1.165) is 32.1 Å². The van der Waals surface area contributed by atoms with Crippen LogP contribution >= 0.6 is 0 Å². The molecule has 2 heteroatoms. The van der Waals surface area contributed by atoms with Crippen molar-refractivity contribution < 1.29 is 9.53 Å². The monoisotopic (exact) mass is 336 g/mol. The van der Waals surface area contributed by atoms with E-state index in [-0.39, 0.29) is 11.9 Å². The first-order valence-electron chi connectivity index (χ1n) is 9.06. The van der Waals surface area contributed by atoms with Gasteiger partial charge in [0.1, 0.15) is 0 Å². The lowest BCUT2D eigenvalue weighted by Crippen LogP contribution is -2.09. The average molecular weight is 336 g/mol. The highest BCUT2D eigenvalue weighted by Crippen LogP contribution is 2.36. The van der Waals surface area contributed by atoms with Gasteiger partial charge in [-0.15, -0.1) is 0 Å². The van der Waals surface area contributed by atoms with Crippen molar-refractivity contribution in [2.45, 2.75) is 43.9 Å². The van der Waals surface area contributed by atoms with Crippen molar-refractivity contribution in [2.75, 3.05) is 7.11 Å². The van der Waals surface area contributed by atoms with Crippen LogP contribution in [0, 0.1) is 13.3 Å². The third-order valence-electron chi connectivity index (χ3n) is 4.67. The Labute approximate surface area is 152 Å². The molecule has 2 aromatic rings. The number of esters is 1. The Bertz CT molecular complexity index is 607. The summed E-state index contributed by atoms with van der Waals surface area (Å²) in [5.74, 6) is 0.419. The normalized spacial score (nSPS) is 13.2. The van der Waals surface area contributed by atoms with Crippen LogP contribution < -0.4 is 0 Å². The molecule has 2 aromatic carbocycles. The van der Waals surface area contributed by atoms with Crippen molar-refractivity contribution in [1.29, 1.82) is 0 Å². The molecule has 2 nitrogen and oxygen atoms in total. The van der Waals surface area contributed by atoms with Gasteiger partial charge in [-0.1, -0.05) is 79.9 Å². The van der Waals surface area contributed by atoms with Crippen LogP contribution in [-0.2, 0) is 9.53 Å². The lowest BCUT2D eigenvalue weighted by molar-refractivity contribution is -0.136. The Kier molecular flexibility index (Phi) is 8.24. The van der Waals surface area contributed by atoms with E-state index in [9.17, 15) is 4.79 Å². The Morgan fingerprint density at radius 3 is 2.16 bits per heavy atom. The second-order valence-electron chi connectivity index (χ2n) is 6.40. The molecule has 25 heavy (non-hydrogen) atoms. The summed E-state index contributed by atoms with van der Waals surface area (Å²) in [6.45, 7) is 4.47. The van der Waals surface area contributed by atoms with E-state index in [1.54, 1.807) is 6.42 Å². The molecule has 0 aromatic heterocycles. The third kappa shape index (κ3) is 6.38. The highest BCUT2D eigenvalue weighted by molar-refractivity contribution is 5.78. The zero-order chi connectivity index (χ0) is 17.9. The van der Waals surface area contributed by atoms with Gasteiger partial charge in [-0.3, -0.25) is 4.79 Å². The molecule has 0 fully saturated rings. The minimum Gasteiger partial charge on any atom is -0.469 e. The SMILES string of the molecule is [CH2]C(c1ccccc1)C(CCCCC[CH]C(=O)OC)c1ccccc1. The van der Waals surface area contributed by atoms with Gasteiger partial charge in [0.2, 0.25) is 0 Å². The van der Waals surface area contributed by atoms with E-state index >= 15 is 0 Å². The van der Waals surface area contributed by atoms with E-state index in [1.807, 2.05) is 6.07 Å². The van der Waals surface area contributed by atoms with Crippen LogP contribution in [0.15, 0.2) is 60.7 Å². The summed E-state index contributed by atoms with van der Waals surface area (Å²) in [5, 5.41) is 0. The van der Waals surface area contributed by atoms with Crippen LogP contribution in [0.4, 0.5) is 0 Å². The number of hydrogen-bond donors (Lipinski definition) is 0. The number of hydrogen-bond acceptors (Lipinski definition) is 2. The lowest BCUT2D eigenvalue weighted by Gasteiger charge is -2.25. The minimum absolute atomic E-state index is 0.232. The second kappa shape index (κ2) is 10.7. The predicted octanol–water partition coefficient (Wildman–Crippen LogP) is 5.72. The first-order valence-corrected chi connectivity index (χ1v) is 9.06. The fourth-order valence-corrected chi connectivity index (χ4v) is 3.22. The van der Waals surface area contributed by atoms with Crippen LogP contribution in [0.5, 0.6) is 0 Å². The van der Waals surface area contributed by atoms with E-state index in [1.165, 1.54) is 18.2 Å². The number of rotatable bonds is 10. The number of unbranched alkanes of at least 4 members (excludes halogenated alkanes) is 3. The molecule has 0 spiro atoms. The smallest absolute Gasteiger partial charge is 0.309 e. The molecule has 0 aliphatic heterocycles. The van der Waals surface area contributed by atoms with Crippen LogP contribution in [0.25, 0.3) is 0 Å². The largest absolute Gasteiger partial charge is 0.469 e. The van der Waals surface area contributed by atoms with Crippen molar-refractivity contribution in [2.24, 2.45) is 0 Å². The molecule has 2 radical (unpaired) electrons. The van der Waals surface area contributed by atoms with Crippen molar-refractivity contribution in [3.63, 3.8) is 0 Å². The van der Waals surface area contributed by atoms with Gasteiger partial charge in [0.05, 0.1) is 13.5 Å². The van der Waals surface area contributed by atoms with Gasteiger partial charge in [0.25, 0.3) is 0 Å². The summed E-state index contributed by atoms with van der Waals surface area (Å²) in [4.78, 5) is 11.1. The Hall–Kier alpha value is -2.09. The molecule has 0 bridgehead atoms. The fourth-order valence-electron chi connectivity index (χ4n) is 3.22. The number of methoxy groups -OCH3 is 1. The van der Waals surface area contributed by atoms with Gasteiger partial charge in [-0.2, -0.15) is 0 Å². The summed E-state index contributed by atoms with van der Waals surface area (Å²) >= 11 is 0. The second-order valence-corrected chi connectivity index (χ2v) is 6.40. The van der Waals surface area contributed by atoms with E-state index < -0.39 is 0 Å². The number of carbonyl (C=O) groups is 1. The summed E-state index contributed by atoms with van der Waals surface area (Å²) in [6, 6.07) is 21.2. The van der Waals surface area contributed by atoms with Gasteiger partial charge in [0.15, 0.2) is 0 Å².